The lowest BCUT2D eigenvalue weighted by atomic mass is 10.2. The minimum Gasteiger partial charge on any atom is -0.349 e. The molecule has 1 aromatic heterocycles. The second kappa shape index (κ2) is 8.66. The lowest BCUT2D eigenvalue weighted by molar-refractivity contribution is -0.384. The average Bonchev–Trinajstić information content (AvgIpc) is 3.07. The molecule has 0 aliphatic carbocycles. The van der Waals surface area contributed by atoms with Crippen LogP contribution in [0.1, 0.15) is 23.9 Å². The summed E-state index contributed by atoms with van der Waals surface area (Å²) in [5, 5.41) is 22.7. The Hall–Kier alpha value is -3.20. The van der Waals surface area contributed by atoms with Crippen LogP contribution in [0.4, 0.5) is 5.69 Å². The van der Waals surface area contributed by atoms with E-state index in [1.54, 1.807) is 16.7 Å². The number of nitrogens with zero attached hydrogens (tertiary/aromatic N) is 4. The summed E-state index contributed by atoms with van der Waals surface area (Å²) in [7, 11) is 0. The van der Waals surface area contributed by atoms with E-state index in [-0.39, 0.29) is 18.1 Å². The van der Waals surface area contributed by atoms with Gasteiger partial charge in [-0.2, -0.15) is 0 Å². The van der Waals surface area contributed by atoms with Crippen molar-refractivity contribution in [2.45, 2.75) is 31.3 Å². The molecular formula is C19H19N5O3S. The van der Waals surface area contributed by atoms with Crippen molar-refractivity contribution >= 4 is 23.4 Å². The molecule has 2 aromatic carbocycles. The van der Waals surface area contributed by atoms with Crippen LogP contribution < -0.4 is 5.32 Å². The molecule has 3 rings (SSSR count). The quantitative estimate of drug-likeness (QED) is 0.372. The van der Waals surface area contributed by atoms with Crippen molar-refractivity contribution in [2.75, 3.05) is 0 Å². The highest BCUT2D eigenvalue weighted by Gasteiger charge is 2.16. The summed E-state index contributed by atoms with van der Waals surface area (Å²) >= 11 is 1.51. The van der Waals surface area contributed by atoms with Crippen LogP contribution in [0.3, 0.4) is 0 Å². The van der Waals surface area contributed by atoms with E-state index in [2.05, 4.69) is 21.6 Å². The summed E-state index contributed by atoms with van der Waals surface area (Å²) < 4.78 is 1.81. The van der Waals surface area contributed by atoms with Crippen molar-refractivity contribution in [1.29, 1.82) is 0 Å². The maximum Gasteiger partial charge on any atom is 0.269 e. The van der Waals surface area contributed by atoms with Crippen LogP contribution in [0.25, 0.3) is 5.69 Å². The zero-order chi connectivity index (χ0) is 20.1. The van der Waals surface area contributed by atoms with Crippen LogP contribution >= 0.6 is 11.8 Å². The number of nitrogens with one attached hydrogen (secondary N) is 1. The van der Waals surface area contributed by atoms with Crippen molar-refractivity contribution < 1.29 is 9.72 Å². The third kappa shape index (κ3) is 4.74. The van der Waals surface area contributed by atoms with Crippen LogP contribution in [0, 0.1) is 17.0 Å². The smallest absolute Gasteiger partial charge is 0.269 e. The Kier molecular flexibility index (Phi) is 6.05. The number of carbonyl (C=O) groups is 1. The van der Waals surface area contributed by atoms with Gasteiger partial charge in [0.25, 0.3) is 5.69 Å². The van der Waals surface area contributed by atoms with Crippen molar-refractivity contribution in [1.82, 2.24) is 20.1 Å². The predicted molar refractivity (Wildman–Crippen MR) is 106 cm³/mol. The van der Waals surface area contributed by atoms with Gasteiger partial charge >= 0.3 is 0 Å². The highest BCUT2D eigenvalue weighted by atomic mass is 32.2. The van der Waals surface area contributed by atoms with Gasteiger partial charge in [0.2, 0.25) is 5.91 Å². The van der Waals surface area contributed by atoms with Crippen LogP contribution in [0.5, 0.6) is 0 Å². The van der Waals surface area contributed by atoms with E-state index in [4.69, 9.17) is 0 Å². The molecule has 0 atom stereocenters. The lowest BCUT2D eigenvalue weighted by Gasteiger charge is -2.10. The third-order valence-corrected chi connectivity index (χ3v) is 4.97. The topological polar surface area (TPSA) is 103 Å². The van der Waals surface area contributed by atoms with E-state index in [9.17, 15) is 14.9 Å². The first-order chi connectivity index (χ1) is 13.4. The van der Waals surface area contributed by atoms with E-state index >= 15 is 0 Å². The number of nitro groups is 1. The second-order valence-corrected chi connectivity index (χ2v) is 7.14. The van der Waals surface area contributed by atoms with Crippen LogP contribution in [-0.4, -0.2) is 25.6 Å². The van der Waals surface area contributed by atoms with Crippen molar-refractivity contribution in [2.24, 2.45) is 0 Å². The number of nitro benzene ring substituents is 1. The average molecular weight is 397 g/mol. The molecule has 0 saturated carbocycles. The molecule has 1 heterocycles. The van der Waals surface area contributed by atoms with Gasteiger partial charge in [0.15, 0.2) is 11.0 Å². The monoisotopic (exact) mass is 397 g/mol. The van der Waals surface area contributed by atoms with Crippen LogP contribution in [0.2, 0.25) is 0 Å². The molecule has 0 fully saturated rings. The lowest BCUT2D eigenvalue weighted by Crippen LogP contribution is -2.21. The van der Waals surface area contributed by atoms with Crippen molar-refractivity contribution in [3.05, 3.63) is 75.6 Å². The molecule has 0 aliphatic heterocycles. The standard InChI is InChI=1S/C19H19N5O3S/c1-13-4-3-5-15(10-13)12-28-19-22-21-18(11-20-14(2)25)23(19)16-6-8-17(9-7-16)24(26)27/h3-10H,11-12H2,1-2H3,(H,20,25). The molecule has 3 aromatic rings. The molecule has 9 heteroatoms. The normalized spacial score (nSPS) is 10.6. The number of hydrogen-bond acceptors (Lipinski definition) is 6. The van der Waals surface area contributed by atoms with Gasteiger partial charge in [-0.15, -0.1) is 10.2 Å². The van der Waals surface area contributed by atoms with Crippen molar-refractivity contribution in [3.8, 4) is 5.69 Å². The fourth-order valence-electron chi connectivity index (χ4n) is 2.64. The Morgan fingerprint density at radius 3 is 2.61 bits per heavy atom. The molecular weight excluding hydrogens is 378 g/mol. The first-order valence-electron chi connectivity index (χ1n) is 8.56. The predicted octanol–water partition coefficient (Wildman–Crippen LogP) is 3.41. The highest BCUT2D eigenvalue weighted by molar-refractivity contribution is 7.98. The molecule has 1 amide bonds. The number of non-ortho nitro benzene ring substituents is 1. The number of amides is 1. The largest absolute Gasteiger partial charge is 0.349 e. The summed E-state index contributed by atoms with van der Waals surface area (Å²) in [4.78, 5) is 21.8. The summed E-state index contributed by atoms with van der Waals surface area (Å²) in [6.45, 7) is 3.68. The van der Waals surface area contributed by atoms with Gasteiger partial charge in [-0.3, -0.25) is 19.5 Å². The van der Waals surface area contributed by atoms with Crippen LogP contribution in [-0.2, 0) is 17.1 Å². The number of thioether (sulfide) groups is 1. The number of aromatic nitrogens is 3. The van der Waals surface area contributed by atoms with E-state index in [0.717, 1.165) is 5.56 Å². The zero-order valence-electron chi connectivity index (χ0n) is 15.5. The second-order valence-electron chi connectivity index (χ2n) is 6.20. The van der Waals surface area contributed by atoms with E-state index in [1.807, 2.05) is 25.1 Å². The SMILES string of the molecule is CC(=O)NCc1nnc(SCc2cccc(C)c2)n1-c1ccc([N+](=O)[O-])cc1. The first kappa shape index (κ1) is 19.6. The van der Waals surface area contributed by atoms with Gasteiger partial charge in [-0.25, -0.2) is 0 Å². The number of aryl methyl sites for hydroxylation is 1. The number of rotatable bonds is 7. The summed E-state index contributed by atoms with van der Waals surface area (Å²) in [5.41, 5.74) is 3.05. The number of benzene rings is 2. The number of hydrogen-bond donors (Lipinski definition) is 1. The Bertz CT molecular complexity index is 1000. The fourth-order valence-corrected chi connectivity index (χ4v) is 3.56. The van der Waals surface area contributed by atoms with E-state index in [1.165, 1.54) is 36.4 Å². The molecule has 1 N–H and O–H groups in total. The summed E-state index contributed by atoms with van der Waals surface area (Å²) in [6.07, 6.45) is 0. The van der Waals surface area contributed by atoms with Gasteiger partial charge < -0.3 is 5.32 Å². The fraction of sp³-hybridized carbons (Fsp3) is 0.211. The van der Waals surface area contributed by atoms with E-state index in [0.29, 0.717) is 22.4 Å². The molecule has 0 spiro atoms. The first-order valence-corrected chi connectivity index (χ1v) is 9.54. The van der Waals surface area contributed by atoms with Crippen LogP contribution in [0.15, 0.2) is 53.7 Å². The minimum atomic E-state index is -0.443. The molecule has 0 aliphatic rings. The van der Waals surface area contributed by atoms with Gasteiger partial charge in [0.05, 0.1) is 11.5 Å². The number of carbonyl (C=O) groups excluding carboxylic acids is 1. The Morgan fingerprint density at radius 1 is 1.21 bits per heavy atom. The van der Waals surface area contributed by atoms with Gasteiger partial charge in [0.1, 0.15) is 0 Å². The van der Waals surface area contributed by atoms with Gasteiger partial charge in [-0.1, -0.05) is 41.6 Å². The van der Waals surface area contributed by atoms with Crippen molar-refractivity contribution in [3.63, 3.8) is 0 Å². The summed E-state index contributed by atoms with van der Waals surface area (Å²) in [6, 6.07) is 14.4. The zero-order valence-corrected chi connectivity index (χ0v) is 16.3. The Labute approximate surface area is 166 Å². The van der Waals surface area contributed by atoms with E-state index < -0.39 is 4.92 Å². The third-order valence-electron chi connectivity index (χ3n) is 3.96. The molecule has 0 saturated heterocycles. The highest BCUT2D eigenvalue weighted by Crippen LogP contribution is 2.26. The maximum atomic E-state index is 11.3. The van der Waals surface area contributed by atoms with Gasteiger partial charge in [-0.05, 0) is 24.6 Å². The Balaban J connectivity index is 1.90. The Morgan fingerprint density at radius 2 is 1.96 bits per heavy atom. The minimum absolute atomic E-state index is 0.00852. The molecule has 144 valence electrons. The maximum absolute atomic E-state index is 11.3. The molecule has 0 unspecified atom stereocenters. The molecule has 0 bridgehead atoms. The van der Waals surface area contributed by atoms with Gasteiger partial charge in [0, 0.05) is 30.5 Å². The molecule has 0 radical (unpaired) electrons. The molecule has 8 nitrogen and oxygen atoms in total. The summed E-state index contributed by atoms with van der Waals surface area (Å²) in [5.74, 6) is 1.08. The molecule has 28 heavy (non-hydrogen) atoms.